The zero-order valence-electron chi connectivity index (χ0n) is 19.2. The number of benzene rings is 5. The Morgan fingerprint density at radius 1 is 0.444 bits per heavy atom. The van der Waals surface area contributed by atoms with Gasteiger partial charge in [-0.05, 0) is 58.3 Å². The van der Waals surface area contributed by atoms with Crippen molar-refractivity contribution in [2.45, 2.75) is 0 Å². The highest BCUT2D eigenvalue weighted by atomic mass is 16.3. The van der Waals surface area contributed by atoms with Crippen LogP contribution in [-0.4, -0.2) is 4.98 Å². The van der Waals surface area contributed by atoms with Crippen LogP contribution in [0.4, 0.5) is 0 Å². The van der Waals surface area contributed by atoms with Crippen LogP contribution in [0.2, 0.25) is 0 Å². The highest BCUT2D eigenvalue weighted by molar-refractivity contribution is 6.31. The Morgan fingerprint density at radius 3 is 1.89 bits per heavy atom. The van der Waals surface area contributed by atoms with Crippen LogP contribution in [-0.2, 0) is 0 Å². The summed E-state index contributed by atoms with van der Waals surface area (Å²) in [7, 11) is 0. The molecule has 0 aliphatic carbocycles. The van der Waals surface area contributed by atoms with Crippen LogP contribution in [0.1, 0.15) is 0 Å². The van der Waals surface area contributed by atoms with Crippen molar-refractivity contribution < 1.29 is 8.83 Å². The van der Waals surface area contributed by atoms with Crippen molar-refractivity contribution in [2.75, 3.05) is 0 Å². The van der Waals surface area contributed by atoms with Crippen LogP contribution in [0.5, 0.6) is 0 Å². The molecule has 5 aromatic carbocycles. The third-order valence-electron chi connectivity index (χ3n) is 7.14. The van der Waals surface area contributed by atoms with Gasteiger partial charge in [0.05, 0.1) is 5.69 Å². The lowest BCUT2D eigenvalue weighted by atomic mass is 9.93. The van der Waals surface area contributed by atoms with Gasteiger partial charge in [0.2, 0.25) is 0 Å². The number of hydrogen-bond acceptors (Lipinski definition) is 3. The molecule has 0 unspecified atom stereocenters. The average Bonchev–Trinajstić information content (AvgIpc) is 3.51. The van der Waals surface area contributed by atoms with E-state index in [1.807, 2.05) is 48.7 Å². The standard InChI is InChI=1S/C33H19NO2/c1-2-8-23-22(7-1)25(20-12-14-21(15-13-20)26-10-5-6-18-34-26)19-30-31(23)33-29(36-30)17-16-28-32(33)24-9-3-4-11-27(24)35-28/h1-19H. The average molecular weight is 462 g/mol. The zero-order chi connectivity index (χ0) is 23.6. The maximum Gasteiger partial charge on any atom is 0.136 e. The van der Waals surface area contributed by atoms with Crippen LogP contribution >= 0.6 is 0 Å². The second-order valence-corrected chi connectivity index (χ2v) is 9.15. The Morgan fingerprint density at radius 2 is 1.08 bits per heavy atom. The summed E-state index contributed by atoms with van der Waals surface area (Å²) in [5.74, 6) is 0. The summed E-state index contributed by atoms with van der Waals surface area (Å²) in [6.45, 7) is 0. The van der Waals surface area contributed by atoms with E-state index < -0.39 is 0 Å². The first-order valence-electron chi connectivity index (χ1n) is 12.1. The number of fused-ring (bicyclic) bond motifs is 9. The number of para-hydroxylation sites is 1. The van der Waals surface area contributed by atoms with Gasteiger partial charge in [-0.2, -0.15) is 0 Å². The third kappa shape index (κ3) is 2.71. The molecule has 168 valence electrons. The van der Waals surface area contributed by atoms with E-state index in [9.17, 15) is 0 Å². The predicted molar refractivity (Wildman–Crippen MR) is 147 cm³/mol. The molecule has 36 heavy (non-hydrogen) atoms. The van der Waals surface area contributed by atoms with Gasteiger partial charge in [-0.25, -0.2) is 0 Å². The van der Waals surface area contributed by atoms with Crippen LogP contribution in [0.3, 0.4) is 0 Å². The molecule has 0 N–H and O–H groups in total. The third-order valence-corrected chi connectivity index (χ3v) is 7.14. The summed E-state index contributed by atoms with van der Waals surface area (Å²) >= 11 is 0. The molecule has 0 spiro atoms. The van der Waals surface area contributed by atoms with Gasteiger partial charge >= 0.3 is 0 Å². The van der Waals surface area contributed by atoms with Gasteiger partial charge in [-0.15, -0.1) is 0 Å². The first kappa shape index (κ1) is 19.4. The van der Waals surface area contributed by atoms with Gasteiger partial charge in [0, 0.05) is 33.3 Å². The molecule has 0 fully saturated rings. The molecule has 0 atom stereocenters. The zero-order valence-corrected chi connectivity index (χ0v) is 19.2. The van der Waals surface area contributed by atoms with Gasteiger partial charge in [-0.1, -0.05) is 72.8 Å². The number of nitrogens with zero attached hydrogens (tertiary/aromatic N) is 1. The van der Waals surface area contributed by atoms with Gasteiger partial charge in [-0.3, -0.25) is 4.98 Å². The van der Waals surface area contributed by atoms with Crippen molar-refractivity contribution in [1.29, 1.82) is 0 Å². The fourth-order valence-electron chi connectivity index (χ4n) is 5.53. The lowest BCUT2D eigenvalue weighted by Gasteiger charge is -2.09. The second kappa shape index (κ2) is 7.30. The summed E-state index contributed by atoms with van der Waals surface area (Å²) in [6.07, 6.45) is 1.83. The van der Waals surface area contributed by atoms with Crippen LogP contribution in [0.15, 0.2) is 124 Å². The molecule has 3 nitrogen and oxygen atoms in total. The van der Waals surface area contributed by atoms with Crippen molar-refractivity contribution >= 4 is 54.6 Å². The molecule has 0 bridgehead atoms. The largest absolute Gasteiger partial charge is 0.456 e. The molecule has 0 saturated heterocycles. The Labute approximate surface area is 206 Å². The first-order valence-corrected chi connectivity index (χ1v) is 12.1. The first-order chi connectivity index (χ1) is 17.8. The molecule has 0 aliphatic heterocycles. The van der Waals surface area contributed by atoms with E-state index >= 15 is 0 Å². The van der Waals surface area contributed by atoms with Gasteiger partial charge < -0.3 is 8.83 Å². The number of aromatic nitrogens is 1. The van der Waals surface area contributed by atoms with Crippen molar-refractivity contribution in [3.63, 3.8) is 0 Å². The van der Waals surface area contributed by atoms with Gasteiger partial charge in [0.25, 0.3) is 0 Å². The fourth-order valence-corrected chi connectivity index (χ4v) is 5.53. The summed E-state index contributed by atoms with van der Waals surface area (Å²) < 4.78 is 12.7. The van der Waals surface area contributed by atoms with Crippen LogP contribution < -0.4 is 0 Å². The highest BCUT2D eigenvalue weighted by Gasteiger charge is 2.19. The predicted octanol–water partition coefficient (Wildman–Crippen LogP) is 9.37. The van der Waals surface area contributed by atoms with Crippen molar-refractivity contribution in [3.8, 4) is 22.4 Å². The minimum Gasteiger partial charge on any atom is -0.456 e. The minimum absolute atomic E-state index is 0.872. The molecule has 0 aliphatic rings. The lowest BCUT2D eigenvalue weighted by Crippen LogP contribution is -1.85. The number of hydrogen-bond donors (Lipinski definition) is 0. The van der Waals surface area contributed by atoms with E-state index in [0.717, 1.165) is 66.3 Å². The van der Waals surface area contributed by atoms with E-state index in [4.69, 9.17) is 8.83 Å². The molecule has 0 saturated carbocycles. The second-order valence-electron chi connectivity index (χ2n) is 9.15. The van der Waals surface area contributed by atoms with E-state index in [1.54, 1.807) is 0 Å². The molecule has 3 heteroatoms. The summed E-state index contributed by atoms with van der Waals surface area (Å²) in [5.41, 5.74) is 7.89. The Balaban J connectivity index is 1.43. The monoisotopic (exact) mass is 461 g/mol. The summed E-state index contributed by atoms with van der Waals surface area (Å²) in [5, 5.41) is 6.84. The van der Waals surface area contributed by atoms with E-state index in [-0.39, 0.29) is 0 Å². The van der Waals surface area contributed by atoms with Crippen molar-refractivity contribution in [2.24, 2.45) is 0 Å². The maximum atomic E-state index is 6.49. The molecule has 0 amide bonds. The van der Waals surface area contributed by atoms with Gasteiger partial charge in [0.15, 0.2) is 0 Å². The highest BCUT2D eigenvalue weighted by Crippen LogP contribution is 2.44. The lowest BCUT2D eigenvalue weighted by molar-refractivity contribution is 0.663. The molecule has 3 aromatic heterocycles. The van der Waals surface area contributed by atoms with Gasteiger partial charge in [0.1, 0.15) is 22.3 Å². The Bertz CT molecular complexity index is 2080. The topological polar surface area (TPSA) is 39.2 Å². The summed E-state index contributed by atoms with van der Waals surface area (Å²) in [6, 6.07) is 37.6. The number of rotatable bonds is 2. The van der Waals surface area contributed by atoms with E-state index in [0.29, 0.717) is 0 Å². The molecular formula is C33H19NO2. The summed E-state index contributed by atoms with van der Waals surface area (Å²) in [4.78, 5) is 4.49. The Kier molecular flexibility index (Phi) is 3.94. The number of pyridine rings is 1. The van der Waals surface area contributed by atoms with Crippen molar-refractivity contribution in [3.05, 3.63) is 115 Å². The quantitative estimate of drug-likeness (QED) is 0.257. The molecule has 8 aromatic rings. The van der Waals surface area contributed by atoms with Crippen LogP contribution in [0, 0.1) is 0 Å². The molecular weight excluding hydrogens is 442 g/mol. The molecule has 3 heterocycles. The van der Waals surface area contributed by atoms with E-state index in [2.05, 4.69) is 71.7 Å². The maximum absolute atomic E-state index is 6.49. The SMILES string of the molecule is c1ccc(-c2ccc(-c3cc4oc5ccc6oc7ccccc7c6c5c4c4ccccc34)cc2)nc1. The minimum atomic E-state index is 0.872. The van der Waals surface area contributed by atoms with Crippen LogP contribution in [0.25, 0.3) is 77.0 Å². The molecule has 8 rings (SSSR count). The molecule has 0 radical (unpaired) electrons. The van der Waals surface area contributed by atoms with Crippen molar-refractivity contribution in [1.82, 2.24) is 4.98 Å². The smallest absolute Gasteiger partial charge is 0.136 e. The Hall–Kier alpha value is -4.89. The fraction of sp³-hybridized carbons (Fsp3) is 0. The number of furan rings is 2. The van der Waals surface area contributed by atoms with E-state index in [1.165, 1.54) is 10.8 Å². The normalized spacial score (nSPS) is 11.9.